The summed E-state index contributed by atoms with van der Waals surface area (Å²) in [6.45, 7) is 5.55. The number of fused-ring (bicyclic) bond motifs is 2. The minimum absolute atomic E-state index is 0.141. The van der Waals surface area contributed by atoms with Crippen LogP contribution in [0.5, 0.6) is 0 Å². The summed E-state index contributed by atoms with van der Waals surface area (Å²) in [6.07, 6.45) is 2.52. The van der Waals surface area contributed by atoms with Crippen LogP contribution in [-0.4, -0.2) is 30.7 Å². The van der Waals surface area contributed by atoms with E-state index in [0.717, 1.165) is 19.3 Å². The molecule has 0 spiro atoms. The SMILES string of the molecule is CC(=O)N[C@@H]1C[C@H]2CC[C@]1(CS(=O)(=O)O)C2(C)C. The first-order chi connectivity index (χ1) is 8.08. The highest BCUT2D eigenvalue weighted by atomic mass is 32.2. The smallest absolute Gasteiger partial charge is 0.265 e. The van der Waals surface area contributed by atoms with Crippen molar-refractivity contribution in [3.63, 3.8) is 0 Å². The van der Waals surface area contributed by atoms with Crippen LogP contribution < -0.4 is 5.32 Å². The summed E-state index contributed by atoms with van der Waals surface area (Å²) in [4.78, 5) is 11.3. The van der Waals surface area contributed by atoms with E-state index >= 15 is 0 Å². The van der Waals surface area contributed by atoms with E-state index in [1.807, 2.05) is 0 Å². The van der Waals surface area contributed by atoms with Gasteiger partial charge < -0.3 is 5.32 Å². The largest absolute Gasteiger partial charge is 0.353 e. The van der Waals surface area contributed by atoms with E-state index in [1.165, 1.54) is 6.92 Å². The van der Waals surface area contributed by atoms with Crippen molar-refractivity contribution < 1.29 is 17.8 Å². The zero-order chi connectivity index (χ0) is 13.8. The molecule has 2 aliphatic carbocycles. The topological polar surface area (TPSA) is 83.5 Å². The Labute approximate surface area is 108 Å². The molecule has 0 saturated heterocycles. The Morgan fingerprint density at radius 2 is 2.06 bits per heavy atom. The normalized spacial score (nSPS) is 37.8. The van der Waals surface area contributed by atoms with Gasteiger partial charge in [0, 0.05) is 18.4 Å². The first-order valence-corrected chi connectivity index (χ1v) is 7.92. The fraction of sp³-hybridized carbons (Fsp3) is 0.917. The number of nitrogens with one attached hydrogen (secondary N) is 1. The lowest BCUT2D eigenvalue weighted by molar-refractivity contribution is -0.120. The van der Waals surface area contributed by atoms with E-state index in [4.69, 9.17) is 0 Å². The summed E-state index contributed by atoms with van der Waals surface area (Å²) in [5.41, 5.74) is -0.702. The number of hydrogen-bond acceptors (Lipinski definition) is 3. The van der Waals surface area contributed by atoms with E-state index in [9.17, 15) is 17.8 Å². The molecule has 2 fully saturated rings. The van der Waals surface area contributed by atoms with Crippen LogP contribution in [0.4, 0.5) is 0 Å². The van der Waals surface area contributed by atoms with Crippen LogP contribution >= 0.6 is 0 Å². The molecule has 3 atom stereocenters. The van der Waals surface area contributed by atoms with E-state index in [0.29, 0.717) is 5.92 Å². The Bertz CT molecular complexity index is 470. The highest BCUT2D eigenvalue weighted by Crippen LogP contribution is 2.66. The quantitative estimate of drug-likeness (QED) is 0.758. The monoisotopic (exact) mass is 275 g/mol. The second-order valence-electron chi connectivity index (χ2n) is 6.33. The predicted octanol–water partition coefficient (Wildman–Crippen LogP) is 1.21. The average molecular weight is 275 g/mol. The Hall–Kier alpha value is -0.620. The van der Waals surface area contributed by atoms with Gasteiger partial charge in [0.1, 0.15) is 0 Å². The molecular weight excluding hydrogens is 254 g/mol. The van der Waals surface area contributed by atoms with Crippen molar-refractivity contribution in [3.8, 4) is 0 Å². The maximum absolute atomic E-state index is 11.3. The second kappa shape index (κ2) is 3.93. The van der Waals surface area contributed by atoms with Crippen LogP contribution in [0.15, 0.2) is 0 Å². The van der Waals surface area contributed by atoms with Gasteiger partial charge in [0.25, 0.3) is 10.1 Å². The van der Waals surface area contributed by atoms with Gasteiger partial charge >= 0.3 is 0 Å². The summed E-state index contributed by atoms with van der Waals surface area (Å²) in [7, 11) is -4.04. The zero-order valence-electron chi connectivity index (χ0n) is 11.1. The van der Waals surface area contributed by atoms with Gasteiger partial charge in [0.2, 0.25) is 5.91 Å². The summed E-state index contributed by atoms with van der Waals surface area (Å²) < 4.78 is 31.9. The van der Waals surface area contributed by atoms with Crippen LogP contribution in [0, 0.1) is 16.7 Å². The van der Waals surface area contributed by atoms with Crippen molar-refractivity contribution in [3.05, 3.63) is 0 Å². The standard InChI is InChI=1S/C12H21NO4S/c1-8(14)13-10-6-9-4-5-12(10,11(9,2)3)7-18(15,16)17/h9-10H,4-7H2,1-3H3,(H,13,14)(H,15,16,17)/t9-,10-,12-/m1/s1. The van der Waals surface area contributed by atoms with Gasteiger partial charge in [-0.3, -0.25) is 9.35 Å². The molecule has 2 saturated carbocycles. The zero-order valence-corrected chi connectivity index (χ0v) is 11.9. The second-order valence-corrected chi connectivity index (χ2v) is 7.78. The third-order valence-corrected chi connectivity index (χ3v) is 6.13. The Morgan fingerprint density at radius 1 is 1.44 bits per heavy atom. The minimum atomic E-state index is -4.04. The molecule has 5 nitrogen and oxygen atoms in total. The first kappa shape index (κ1) is 13.8. The lowest BCUT2D eigenvalue weighted by Crippen LogP contribution is -2.51. The van der Waals surface area contributed by atoms with Crippen LogP contribution in [0.25, 0.3) is 0 Å². The molecule has 0 heterocycles. The van der Waals surface area contributed by atoms with Crippen molar-refractivity contribution in [1.29, 1.82) is 0 Å². The molecule has 0 aromatic rings. The number of amides is 1. The Morgan fingerprint density at radius 3 is 2.50 bits per heavy atom. The summed E-state index contributed by atoms with van der Waals surface area (Å²) in [5.74, 6) is 0.0169. The van der Waals surface area contributed by atoms with E-state index in [2.05, 4.69) is 19.2 Å². The molecule has 0 aromatic heterocycles. The average Bonchev–Trinajstić information content (AvgIpc) is 2.47. The van der Waals surface area contributed by atoms with Gasteiger partial charge in [-0.25, -0.2) is 0 Å². The highest BCUT2D eigenvalue weighted by Gasteiger charge is 2.65. The predicted molar refractivity (Wildman–Crippen MR) is 67.6 cm³/mol. The molecule has 2 N–H and O–H groups in total. The summed E-state index contributed by atoms with van der Waals surface area (Å²) >= 11 is 0. The number of carbonyl (C=O) groups excluding carboxylic acids is 1. The summed E-state index contributed by atoms with van der Waals surface area (Å²) in [5, 5.41) is 2.88. The summed E-state index contributed by atoms with van der Waals surface area (Å²) in [6, 6.07) is -0.148. The third kappa shape index (κ3) is 1.95. The molecule has 0 aliphatic heterocycles. The molecule has 2 rings (SSSR count). The molecule has 18 heavy (non-hydrogen) atoms. The fourth-order valence-corrected chi connectivity index (χ4v) is 5.56. The minimum Gasteiger partial charge on any atom is -0.353 e. The van der Waals surface area contributed by atoms with Crippen LogP contribution in [0.2, 0.25) is 0 Å². The van der Waals surface area contributed by atoms with Crippen molar-refractivity contribution in [2.45, 2.75) is 46.1 Å². The van der Waals surface area contributed by atoms with Crippen molar-refractivity contribution >= 4 is 16.0 Å². The maximum atomic E-state index is 11.3. The van der Waals surface area contributed by atoms with Gasteiger partial charge in [0.15, 0.2) is 0 Å². The molecule has 6 heteroatoms. The molecular formula is C12H21NO4S. The maximum Gasteiger partial charge on any atom is 0.265 e. The molecule has 0 aromatic carbocycles. The number of hydrogen-bond donors (Lipinski definition) is 2. The van der Waals surface area contributed by atoms with Crippen LogP contribution in [0.1, 0.15) is 40.0 Å². The van der Waals surface area contributed by atoms with Crippen LogP contribution in [0.3, 0.4) is 0 Å². The first-order valence-electron chi connectivity index (χ1n) is 6.31. The van der Waals surface area contributed by atoms with E-state index < -0.39 is 15.5 Å². The van der Waals surface area contributed by atoms with Crippen molar-refractivity contribution in [1.82, 2.24) is 5.32 Å². The molecule has 2 aliphatic rings. The number of rotatable bonds is 3. The van der Waals surface area contributed by atoms with Gasteiger partial charge in [0.05, 0.1) is 5.75 Å². The Balaban J connectivity index is 2.38. The van der Waals surface area contributed by atoms with E-state index in [1.54, 1.807) is 0 Å². The van der Waals surface area contributed by atoms with Crippen molar-refractivity contribution in [2.24, 2.45) is 16.7 Å². The lowest BCUT2D eigenvalue weighted by Gasteiger charge is -2.41. The van der Waals surface area contributed by atoms with Gasteiger partial charge in [-0.15, -0.1) is 0 Å². The molecule has 0 radical (unpaired) electrons. The van der Waals surface area contributed by atoms with Crippen LogP contribution in [-0.2, 0) is 14.9 Å². The van der Waals surface area contributed by atoms with Gasteiger partial charge in [-0.1, -0.05) is 13.8 Å². The molecule has 104 valence electrons. The highest BCUT2D eigenvalue weighted by molar-refractivity contribution is 7.85. The third-order valence-electron chi connectivity index (χ3n) is 5.25. The molecule has 0 unspecified atom stereocenters. The van der Waals surface area contributed by atoms with Gasteiger partial charge in [-0.05, 0) is 30.6 Å². The molecule has 1 amide bonds. The Kier molecular flexibility index (Phi) is 3.02. The van der Waals surface area contributed by atoms with Gasteiger partial charge in [-0.2, -0.15) is 8.42 Å². The van der Waals surface area contributed by atoms with Crippen molar-refractivity contribution in [2.75, 3.05) is 5.75 Å². The molecule has 2 bridgehead atoms. The lowest BCUT2D eigenvalue weighted by atomic mass is 9.69. The number of carbonyl (C=O) groups is 1. The fourth-order valence-electron chi connectivity index (χ4n) is 4.19. The van der Waals surface area contributed by atoms with E-state index in [-0.39, 0.29) is 23.1 Å².